The number of rotatable bonds is 4. The van der Waals surface area contributed by atoms with E-state index in [1.54, 1.807) is 18.2 Å². The van der Waals surface area contributed by atoms with Gasteiger partial charge in [-0.2, -0.15) is 0 Å². The van der Waals surface area contributed by atoms with Crippen molar-refractivity contribution in [2.75, 3.05) is 0 Å². The lowest BCUT2D eigenvalue weighted by atomic mass is 10.1. The minimum atomic E-state index is -0.241. The van der Waals surface area contributed by atoms with Crippen molar-refractivity contribution in [2.45, 2.75) is 26.8 Å². The molecule has 0 aliphatic rings. The summed E-state index contributed by atoms with van der Waals surface area (Å²) in [6.45, 7) is 3.83. The van der Waals surface area contributed by atoms with Crippen LogP contribution < -0.4 is 10.9 Å². The van der Waals surface area contributed by atoms with Gasteiger partial charge in [0.25, 0.3) is 5.56 Å². The van der Waals surface area contributed by atoms with Crippen molar-refractivity contribution in [2.24, 2.45) is 0 Å². The molecule has 0 spiro atoms. The Hall–Kier alpha value is -1.78. The standard InChI is InChI=1S/C16H16Cl2N2O2/c1-9-6-10(2)20-16(22)12(9)8-19-15(21)7-11-13(17)4-3-5-14(11)18/h3-6H,7-8H2,1-2H3,(H,19,21)(H,20,22). The average Bonchev–Trinajstić information content (AvgIpc) is 2.42. The highest BCUT2D eigenvalue weighted by molar-refractivity contribution is 6.36. The minimum Gasteiger partial charge on any atom is -0.352 e. The Labute approximate surface area is 138 Å². The molecule has 2 N–H and O–H groups in total. The first kappa shape index (κ1) is 16.6. The molecule has 2 aromatic rings. The van der Waals surface area contributed by atoms with Crippen LogP contribution in [0.3, 0.4) is 0 Å². The van der Waals surface area contributed by atoms with E-state index in [1.165, 1.54) is 0 Å². The van der Waals surface area contributed by atoms with Gasteiger partial charge in [-0.25, -0.2) is 0 Å². The van der Waals surface area contributed by atoms with E-state index in [0.717, 1.165) is 11.3 Å². The molecule has 1 heterocycles. The van der Waals surface area contributed by atoms with E-state index in [2.05, 4.69) is 10.3 Å². The summed E-state index contributed by atoms with van der Waals surface area (Å²) in [6, 6.07) is 6.96. The maximum Gasteiger partial charge on any atom is 0.253 e. The van der Waals surface area contributed by atoms with Crippen LogP contribution in [-0.4, -0.2) is 10.9 Å². The minimum absolute atomic E-state index is 0.0708. The molecule has 0 fully saturated rings. The predicted octanol–water partition coefficient (Wildman–Crippen LogP) is 3.16. The first-order valence-electron chi connectivity index (χ1n) is 6.77. The number of carbonyl (C=O) groups excluding carboxylic acids is 1. The molecule has 1 aromatic carbocycles. The van der Waals surface area contributed by atoms with E-state index in [4.69, 9.17) is 23.2 Å². The van der Waals surface area contributed by atoms with Crippen molar-refractivity contribution >= 4 is 29.1 Å². The fourth-order valence-corrected chi connectivity index (χ4v) is 2.74. The molecule has 116 valence electrons. The molecule has 0 radical (unpaired) electrons. The third-order valence-corrected chi connectivity index (χ3v) is 4.06. The van der Waals surface area contributed by atoms with Gasteiger partial charge in [-0.05, 0) is 43.2 Å². The third kappa shape index (κ3) is 3.90. The van der Waals surface area contributed by atoms with E-state index in [1.807, 2.05) is 19.9 Å². The number of aromatic amines is 1. The van der Waals surface area contributed by atoms with Crippen LogP contribution in [0.5, 0.6) is 0 Å². The van der Waals surface area contributed by atoms with Gasteiger partial charge in [-0.1, -0.05) is 29.3 Å². The molecular formula is C16H16Cl2N2O2. The average molecular weight is 339 g/mol. The first-order chi connectivity index (χ1) is 10.4. The fraction of sp³-hybridized carbons (Fsp3) is 0.250. The third-order valence-electron chi connectivity index (χ3n) is 3.36. The van der Waals surface area contributed by atoms with Crippen molar-refractivity contribution in [3.8, 4) is 0 Å². The number of aryl methyl sites for hydroxylation is 2. The van der Waals surface area contributed by atoms with Gasteiger partial charge in [0.1, 0.15) is 0 Å². The zero-order chi connectivity index (χ0) is 16.3. The zero-order valence-corrected chi connectivity index (χ0v) is 13.8. The van der Waals surface area contributed by atoms with Crippen LogP contribution in [0.25, 0.3) is 0 Å². The lowest BCUT2D eigenvalue weighted by Crippen LogP contribution is -2.29. The van der Waals surface area contributed by atoms with Crippen molar-refractivity contribution in [3.63, 3.8) is 0 Å². The quantitative estimate of drug-likeness (QED) is 0.899. The van der Waals surface area contributed by atoms with Crippen molar-refractivity contribution in [1.82, 2.24) is 10.3 Å². The van der Waals surface area contributed by atoms with Crippen LogP contribution in [-0.2, 0) is 17.8 Å². The molecule has 0 saturated heterocycles. The lowest BCUT2D eigenvalue weighted by Gasteiger charge is -2.10. The number of benzene rings is 1. The molecule has 0 aliphatic heterocycles. The molecular weight excluding hydrogens is 323 g/mol. The molecule has 22 heavy (non-hydrogen) atoms. The summed E-state index contributed by atoms with van der Waals surface area (Å²) in [6.07, 6.45) is 0.0708. The summed E-state index contributed by atoms with van der Waals surface area (Å²) >= 11 is 12.1. The monoisotopic (exact) mass is 338 g/mol. The summed E-state index contributed by atoms with van der Waals surface area (Å²) in [7, 11) is 0. The highest BCUT2D eigenvalue weighted by Gasteiger charge is 2.12. The predicted molar refractivity (Wildman–Crippen MR) is 88.5 cm³/mol. The van der Waals surface area contributed by atoms with Gasteiger partial charge in [-0.15, -0.1) is 0 Å². The molecule has 0 atom stereocenters. The van der Waals surface area contributed by atoms with E-state index in [0.29, 0.717) is 21.2 Å². The number of pyridine rings is 1. The number of hydrogen-bond donors (Lipinski definition) is 2. The van der Waals surface area contributed by atoms with E-state index in [-0.39, 0.29) is 24.4 Å². The largest absolute Gasteiger partial charge is 0.352 e. The Bertz CT molecular complexity index is 749. The van der Waals surface area contributed by atoms with Crippen LogP contribution in [0, 0.1) is 13.8 Å². The van der Waals surface area contributed by atoms with Crippen LogP contribution in [0.4, 0.5) is 0 Å². The summed E-state index contributed by atoms with van der Waals surface area (Å²) < 4.78 is 0. The number of aromatic nitrogens is 1. The number of nitrogens with one attached hydrogen (secondary N) is 2. The van der Waals surface area contributed by atoms with E-state index >= 15 is 0 Å². The maximum atomic E-state index is 12.0. The molecule has 1 aromatic heterocycles. The van der Waals surface area contributed by atoms with Gasteiger partial charge in [0.2, 0.25) is 5.91 Å². The number of carbonyl (C=O) groups is 1. The van der Waals surface area contributed by atoms with Crippen LogP contribution in [0.2, 0.25) is 10.0 Å². The molecule has 0 aliphatic carbocycles. The zero-order valence-electron chi connectivity index (χ0n) is 12.3. The summed E-state index contributed by atoms with van der Waals surface area (Å²) in [4.78, 5) is 26.7. The van der Waals surface area contributed by atoms with Crippen LogP contribution >= 0.6 is 23.2 Å². The second kappa shape index (κ2) is 6.99. The molecule has 6 heteroatoms. The van der Waals surface area contributed by atoms with Gasteiger partial charge in [0, 0.05) is 27.8 Å². The first-order valence-corrected chi connectivity index (χ1v) is 7.53. The Kier molecular flexibility index (Phi) is 5.27. The van der Waals surface area contributed by atoms with Gasteiger partial charge >= 0.3 is 0 Å². The Morgan fingerprint density at radius 1 is 1.18 bits per heavy atom. The van der Waals surface area contributed by atoms with E-state index in [9.17, 15) is 9.59 Å². The van der Waals surface area contributed by atoms with Crippen molar-refractivity contribution in [3.05, 3.63) is 67.0 Å². The molecule has 0 saturated carbocycles. The van der Waals surface area contributed by atoms with Crippen LogP contribution in [0.1, 0.15) is 22.4 Å². The highest BCUT2D eigenvalue weighted by Crippen LogP contribution is 2.24. The Morgan fingerprint density at radius 2 is 1.82 bits per heavy atom. The van der Waals surface area contributed by atoms with Gasteiger partial charge in [-0.3, -0.25) is 9.59 Å². The van der Waals surface area contributed by atoms with Gasteiger partial charge < -0.3 is 10.3 Å². The van der Waals surface area contributed by atoms with E-state index < -0.39 is 0 Å². The topological polar surface area (TPSA) is 62.0 Å². The molecule has 2 rings (SSSR count). The molecule has 0 unspecified atom stereocenters. The highest BCUT2D eigenvalue weighted by atomic mass is 35.5. The molecule has 0 bridgehead atoms. The summed E-state index contributed by atoms with van der Waals surface area (Å²) in [5.41, 5.74) is 2.58. The molecule has 4 nitrogen and oxygen atoms in total. The summed E-state index contributed by atoms with van der Waals surface area (Å²) in [5.74, 6) is -0.241. The second-order valence-corrected chi connectivity index (χ2v) is 5.91. The number of H-pyrrole nitrogens is 1. The second-order valence-electron chi connectivity index (χ2n) is 5.10. The van der Waals surface area contributed by atoms with Crippen molar-refractivity contribution in [1.29, 1.82) is 0 Å². The lowest BCUT2D eigenvalue weighted by molar-refractivity contribution is -0.120. The smallest absolute Gasteiger partial charge is 0.253 e. The van der Waals surface area contributed by atoms with Gasteiger partial charge in [0.15, 0.2) is 0 Å². The normalized spacial score (nSPS) is 10.5. The maximum absolute atomic E-state index is 12.0. The number of amides is 1. The SMILES string of the molecule is Cc1cc(C)c(CNC(=O)Cc2c(Cl)cccc2Cl)c(=O)[nH]1. The van der Waals surface area contributed by atoms with Crippen LogP contribution in [0.15, 0.2) is 29.1 Å². The summed E-state index contributed by atoms with van der Waals surface area (Å²) in [5, 5.41) is 3.63. The van der Waals surface area contributed by atoms with Gasteiger partial charge in [0.05, 0.1) is 6.42 Å². The van der Waals surface area contributed by atoms with Crippen molar-refractivity contribution < 1.29 is 4.79 Å². The number of hydrogen-bond acceptors (Lipinski definition) is 2. The number of halogens is 2. The Morgan fingerprint density at radius 3 is 2.41 bits per heavy atom. The Balaban J connectivity index is 2.07. The molecule has 1 amide bonds. The fourth-order valence-electron chi connectivity index (χ4n) is 2.21.